The standard InChI is InChI=1S/C70H78O17/c1-7-63(71)80-35-15-11-9-13-17-53-19-23-55(24-20-53)67(73)84-59-27-31-61(32-28-59)86-69(75)57-45-49(3)65(50(4)46-57)82-43-41-78-39-37-77-38-40-79-42-44-83-66-51(5)47-58(48-52(66)6)70(76)87-62-33-29-60(30-34-62)85-68(74)56-25-21-54(22-26-56)18-14-10-12-16-36-81-64(72)8-2/h7-8,19-34,45-48H,1-2,9-18,35-44H2,3-6H3. The van der Waals surface area contributed by atoms with Crippen molar-refractivity contribution in [3.63, 3.8) is 0 Å². The fourth-order valence-corrected chi connectivity index (χ4v) is 9.00. The Kier molecular flexibility index (Phi) is 28.5. The second kappa shape index (κ2) is 36.8. The first-order chi connectivity index (χ1) is 42.2. The van der Waals surface area contributed by atoms with E-state index in [1.807, 2.05) is 52.0 Å². The zero-order valence-corrected chi connectivity index (χ0v) is 50.2. The third-order valence-corrected chi connectivity index (χ3v) is 13.5. The van der Waals surface area contributed by atoms with Crippen molar-refractivity contribution in [2.45, 2.75) is 91.9 Å². The molecular weight excluding hydrogens is 1110 g/mol. The van der Waals surface area contributed by atoms with Crippen LogP contribution in [0.4, 0.5) is 0 Å². The number of hydrogen-bond donors (Lipinski definition) is 0. The SMILES string of the molecule is C=CC(=O)OCCCCCCc1ccc(C(=O)Oc2ccc(OC(=O)c3cc(C)c(OCCOCCOCCOCCOc4c(C)cc(C(=O)Oc5ccc(OC(=O)c6ccc(CCCCCCOC(=O)C=C)cc6)cc5)cc4C)c(C)c3)cc2)cc1. The molecule has 0 N–H and O–H groups in total. The summed E-state index contributed by atoms with van der Waals surface area (Å²) in [5.74, 6) is -0.394. The maximum absolute atomic E-state index is 13.1. The number of carbonyl (C=O) groups is 6. The van der Waals surface area contributed by atoms with Crippen LogP contribution in [0.1, 0.15) is 126 Å². The lowest BCUT2D eigenvalue weighted by Gasteiger charge is -2.14. The van der Waals surface area contributed by atoms with Gasteiger partial charge in [0.1, 0.15) is 47.7 Å². The van der Waals surface area contributed by atoms with Gasteiger partial charge >= 0.3 is 35.8 Å². The van der Waals surface area contributed by atoms with Gasteiger partial charge in [-0.2, -0.15) is 0 Å². The molecule has 6 aromatic rings. The first-order valence-corrected chi connectivity index (χ1v) is 29.3. The maximum Gasteiger partial charge on any atom is 0.343 e. The molecule has 0 aliphatic rings. The van der Waals surface area contributed by atoms with Crippen molar-refractivity contribution >= 4 is 35.8 Å². The highest BCUT2D eigenvalue weighted by Gasteiger charge is 2.18. The van der Waals surface area contributed by atoms with Crippen molar-refractivity contribution in [2.24, 2.45) is 0 Å². The number of carbonyl (C=O) groups excluding carboxylic acids is 6. The van der Waals surface area contributed by atoms with Crippen LogP contribution in [0.2, 0.25) is 0 Å². The van der Waals surface area contributed by atoms with Crippen molar-refractivity contribution in [3.05, 3.63) is 202 Å². The molecule has 0 saturated carbocycles. The second-order valence-corrected chi connectivity index (χ2v) is 20.4. The topological polar surface area (TPSA) is 204 Å². The molecule has 0 aliphatic carbocycles. The summed E-state index contributed by atoms with van der Waals surface area (Å²) in [6.07, 6.45) is 11.5. The van der Waals surface area contributed by atoms with Crippen molar-refractivity contribution in [2.75, 3.05) is 66.1 Å². The smallest absolute Gasteiger partial charge is 0.343 e. The molecule has 0 fully saturated rings. The van der Waals surface area contributed by atoms with Crippen LogP contribution in [0.15, 0.2) is 147 Å². The number of benzene rings is 6. The summed E-state index contributed by atoms with van der Waals surface area (Å²) in [4.78, 5) is 74.1. The van der Waals surface area contributed by atoms with Crippen LogP contribution in [0.25, 0.3) is 0 Å². The van der Waals surface area contributed by atoms with Crippen molar-refractivity contribution < 1.29 is 80.9 Å². The molecular formula is C70H78O17. The molecule has 0 aliphatic heterocycles. The molecule has 0 heterocycles. The Bertz CT molecular complexity index is 2940. The molecule has 0 amide bonds. The highest BCUT2D eigenvalue weighted by Crippen LogP contribution is 2.29. The molecule has 87 heavy (non-hydrogen) atoms. The number of hydrogen-bond acceptors (Lipinski definition) is 17. The molecule has 0 unspecified atom stereocenters. The van der Waals surface area contributed by atoms with Gasteiger partial charge in [-0.25, -0.2) is 28.8 Å². The summed E-state index contributed by atoms with van der Waals surface area (Å²) in [7, 11) is 0. The van der Waals surface area contributed by atoms with Crippen molar-refractivity contribution in [1.29, 1.82) is 0 Å². The van der Waals surface area contributed by atoms with E-state index in [2.05, 4.69) is 13.2 Å². The highest BCUT2D eigenvalue weighted by molar-refractivity contribution is 5.94. The summed E-state index contributed by atoms with van der Waals surface area (Å²) in [5, 5.41) is 0. The minimum absolute atomic E-state index is 0.291. The van der Waals surface area contributed by atoms with Gasteiger partial charge in [-0.05, 0) is 197 Å². The second-order valence-electron chi connectivity index (χ2n) is 20.4. The Labute approximate surface area is 509 Å². The lowest BCUT2D eigenvalue weighted by molar-refractivity contribution is -0.138. The summed E-state index contributed by atoms with van der Waals surface area (Å²) >= 11 is 0. The first-order valence-electron chi connectivity index (χ1n) is 29.3. The lowest BCUT2D eigenvalue weighted by atomic mass is 10.0. The molecule has 0 radical (unpaired) electrons. The van der Waals surface area contributed by atoms with E-state index in [0.29, 0.717) is 123 Å². The van der Waals surface area contributed by atoms with Crippen LogP contribution in [0.5, 0.6) is 34.5 Å². The predicted molar refractivity (Wildman–Crippen MR) is 328 cm³/mol. The Balaban J connectivity index is 0.779. The van der Waals surface area contributed by atoms with Gasteiger partial charge < -0.3 is 52.1 Å². The fourth-order valence-electron chi connectivity index (χ4n) is 9.00. The summed E-state index contributed by atoms with van der Waals surface area (Å²) in [6, 6.07) is 34.0. The van der Waals surface area contributed by atoms with Crippen LogP contribution in [0, 0.1) is 27.7 Å². The van der Waals surface area contributed by atoms with Crippen LogP contribution >= 0.6 is 0 Å². The average Bonchev–Trinajstić information content (AvgIpc) is 3.65. The van der Waals surface area contributed by atoms with E-state index in [9.17, 15) is 28.8 Å². The third kappa shape index (κ3) is 23.8. The molecule has 6 rings (SSSR count). The molecule has 0 spiro atoms. The summed E-state index contributed by atoms with van der Waals surface area (Å²) in [5.41, 5.74) is 6.83. The first kappa shape index (κ1) is 67.2. The zero-order valence-electron chi connectivity index (χ0n) is 50.2. The zero-order chi connectivity index (χ0) is 62.2. The molecule has 17 nitrogen and oxygen atoms in total. The fraction of sp³-hybridized carbons (Fsp3) is 0.343. The van der Waals surface area contributed by atoms with Gasteiger partial charge in [0.2, 0.25) is 0 Å². The van der Waals surface area contributed by atoms with E-state index in [4.69, 9.17) is 52.1 Å². The molecule has 460 valence electrons. The van der Waals surface area contributed by atoms with Crippen molar-refractivity contribution in [3.8, 4) is 34.5 Å². The quantitative estimate of drug-likeness (QED) is 0.0153. The Hall–Kier alpha value is -8.90. The molecule has 17 heteroatoms. The van der Waals surface area contributed by atoms with E-state index in [1.165, 1.54) is 0 Å². The molecule has 6 aromatic carbocycles. The van der Waals surface area contributed by atoms with E-state index < -0.39 is 35.8 Å². The third-order valence-electron chi connectivity index (χ3n) is 13.5. The number of aryl methyl sites for hydroxylation is 6. The van der Waals surface area contributed by atoms with Gasteiger partial charge in [0.05, 0.1) is 75.1 Å². The van der Waals surface area contributed by atoms with Gasteiger partial charge in [0, 0.05) is 12.2 Å². The van der Waals surface area contributed by atoms with Crippen molar-refractivity contribution in [1.82, 2.24) is 0 Å². The highest BCUT2D eigenvalue weighted by atomic mass is 16.6. The van der Waals surface area contributed by atoms with Crippen LogP contribution in [0.3, 0.4) is 0 Å². The predicted octanol–water partition coefficient (Wildman–Crippen LogP) is 13.0. The van der Waals surface area contributed by atoms with E-state index in [-0.39, 0.29) is 0 Å². The summed E-state index contributed by atoms with van der Waals surface area (Å²) in [6.45, 7) is 17.7. The molecule has 0 aromatic heterocycles. The monoisotopic (exact) mass is 1190 g/mol. The van der Waals surface area contributed by atoms with Gasteiger partial charge in [0.25, 0.3) is 0 Å². The van der Waals surface area contributed by atoms with E-state index >= 15 is 0 Å². The van der Waals surface area contributed by atoms with Crippen LogP contribution < -0.4 is 28.4 Å². The summed E-state index contributed by atoms with van der Waals surface area (Å²) < 4.78 is 61.4. The minimum Gasteiger partial charge on any atom is -0.491 e. The largest absolute Gasteiger partial charge is 0.491 e. The number of ether oxygens (including phenoxy) is 11. The minimum atomic E-state index is -0.544. The van der Waals surface area contributed by atoms with Gasteiger partial charge in [-0.15, -0.1) is 0 Å². The number of esters is 6. The van der Waals surface area contributed by atoms with E-state index in [1.54, 1.807) is 97.1 Å². The maximum atomic E-state index is 13.1. The van der Waals surface area contributed by atoms with Crippen LogP contribution in [-0.2, 0) is 46.1 Å². The Morgan fingerprint density at radius 2 is 0.609 bits per heavy atom. The van der Waals surface area contributed by atoms with Gasteiger partial charge in [-0.3, -0.25) is 0 Å². The van der Waals surface area contributed by atoms with Gasteiger partial charge in [-0.1, -0.05) is 63.1 Å². The molecule has 0 atom stereocenters. The van der Waals surface area contributed by atoms with E-state index in [0.717, 1.165) is 110 Å². The normalized spacial score (nSPS) is 10.8. The average molecular weight is 1190 g/mol. The molecule has 0 bridgehead atoms. The number of unbranched alkanes of at least 4 members (excludes halogenated alkanes) is 6. The Morgan fingerprint density at radius 3 is 0.908 bits per heavy atom. The number of rotatable bonds is 38. The van der Waals surface area contributed by atoms with Gasteiger partial charge in [0.15, 0.2) is 0 Å². The van der Waals surface area contributed by atoms with Crippen LogP contribution in [-0.4, -0.2) is 102 Å². The Morgan fingerprint density at radius 1 is 0.333 bits per heavy atom. The molecule has 0 saturated heterocycles. The lowest BCUT2D eigenvalue weighted by Crippen LogP contribution is -2.15.